The maximum Gasteiger partial charge on any atom is 0.246 e. The van der Waals surface area contributed by atoms with Gasteiger partial charge in [0.25, 0.3) is 0 Å². The summed E-state index contributed by atoms with van der Waals surface area (Å²) in [4.78, 5) is 26.4. The van der Waals surface area contributed by atoms with Crippen LogP contribution in [-0.2, 0) is 19.6 Å². The van der Waals surface area contributed by atoms with Crippen LogP contribution in [0.1, 0.15) is 24.8 Å². The normalized spacial score (nSPS) is 15.6. The third kappa shape index (κ3) is 7.39. The number of rotatable bonds is 11. The number of sulfonamides is 1. The van der Waals surface area contributed by atoms with E-state index in [4.69, 9.17) is 9.47 Å². The monoisotopic (exact) mass is 549 g/mol. The second-order valence-electron chi connectivity index (χ2n) is 8.89. The van der Waals surface area contributed by atoms with Gasteiger partial charge in [0.05, 0.1) is 19.1 Å². The average Bonchev–Trinajstić information content (AvgIpc) is 2.91. The summed E-state index contributed by atoms with van der Waals surface area (Å²) in [6, 6.07) is 11.1. The zero-order valence-corrected chi connectivity index (χ0v) is 23.3. The fraction of sp³-hybridized carbons (Fsp3) is 0.462. The number of hydrogen-bond acceptors (Lipinski definition) is 7. The van der Waals surface area contributed by atoms with Gasteiger partial charge in [-0.1, -0.05) is 17.7 Å². The summed E-state index contributed by atoms with van der Waals surface area (Å²) in [5.41, 5.74) is 1.51. The molecule has 1 heterocycles. The average molecular weight is 550 g/mol. The smallest absolute Gasteiger partial charge is 0.246 e. The third-order valence-corrected chi connectivity index (χ3v) is 8.94. The molecule has 0 radical (unpaired) electrons. The van der Waals surface area contributed by atoms with Gasteiger partial charge in [-0.15, -0.1) is 0 Å². The maximum absolute atomic E-state index is 13.1. The van der Waals surface area contributed by atoms with E-state index in [2.05, 4.69) is 10.6 Å². The number of nitrogens with zero attached hydrogens (tertiary/aromatic N) is 1. The fourth-order valence-corrected chi connectivity index (χ4v) is 6.10. The molecule has 0 saturated carbocycles. The van der Waals surface area contributed by atoms with Crippen molar-refractivity contribution in [1.82, 2.24) is 9.62 Å². The van der Waals surface area contributed by atoms with Gasteiger partial charge >= 0.3 is 0 Å². The Balaban J connectivity index is 1.61. The second-order valence-corrected chi connectivity index (χ2v) is 11.8. The van der Waals surface area contributed by atoms with Gasteiger partial charge in [0, 0.05) is 30.8 Å². The Bertz CT molecular complexity index is 1180. The number of thioether (sulfide) groups is 1. The number of amides is 2. The van der Waals surface area contributed by atoms with Gasteiger partial charge in [-0.25, -0.2) is 8.42 Å². The number of hydrogen-bond donors (Lipinski definition) is 2. The number of carbonyl (C=O) groups is 2. The highest BCUT2D eigenvalue weighted by Crippen LogP contribution is 2.30. The van der Waals surface area contributed by atoms with Crippen LogP contribution < -0.4 is 20.1 Å². The first kappa shape index (κ1) is 28.8. The van der Waals surface area contributed by atoms with Crippen molar-refractivity contribution in [3.8, 4) is 11.5 Å². The summed E-state index contributed by atoms with van der Waals surface area (Å²) in [5, 5.41) is 5.74. The largest absolute Gasteiger partial charge is 0.493 e. The Morgan fingerprint density at radius 3 is 2.30 bits per heavy atom. The minimum absolute atomic E-state index is 0.235. The molecule has 202 valence electrons. The summed E-state index contributed by atoms with van der Waals surface area (Å²) >= 11 is 1.59. The maximum atomic E-state index is 13.1. The molecule has 2 amide bonds. The number of benzene rings is 2. The van der Waals surface area contributed by atoms with Crippen molar-refractivity contribution in [1.29, 1.82) is 0 Å². The number of nitrogens with one attached hydrogen (secondary N) is 2. The number of methoxy groups -OCH3 is 2. The van der Waals surface area contributed by atoms with Crippen LogP contribution in [-0.4, -0.2) is 69.9 Å². The molecule has 3 rings (SSSR count). The van der Waals surface area contributed by atoms with E-state index in [-0.39, 0.29) is 35.7 Å². The third-order valence-electron chi connectivity index (χ3n) is 6.38. The summed E-state index contributed by atoms with van der Waals surface area (Å²) in [5.74, 6) is 0.795. The molecule has 9 nitrogen and oxygen atoms in total. The highest BCUT2D eigenvalue weighted by molar-refractivity contribution is 7.98. The molecule has 0 unspecified atom stereocenters. The lowest BCUT2D eigenvalue weighted by atomic mass is 9.96. The summed E-state index contributed by atoms with van der Waals surface area (Å²) in [6.07, 6.45) is 3.19. The highest BCUT2D eigenvalue weighted by atomic mass is 32.2. The quantitative estimate of drug-likeness (QED) is 0.442. The highest BCUT2D eigenvalue weighted by Gasteiger charge is 2.33. The van der Waals surface area contributed by atoms with Crippen LogP contribution in [0.15, 0.2) is 47.4 Å². The molecular formula is C26H35N3O6S2. The van der Waals surface area contributed by atoms with Crippen molar-refractivity contribution < 1.29 is 27.5 Å². The molecule has 0 bridgehead atoms. The number of ether oxygens (including phenoxy) is 2. The molecule has 1 aliphatic rings. The molecule has 1 atom stereocenters. The van der Waals surface area contributed by atoms with E-state index >= 15 is 0 Å². The SMILES string of the molecule is COc1ccc(NC(=O)[C@H](CCSC)NC(=O)C2CCN(S(=O)(=O)c3ccc(C)cc3)CC2)cc1OC. The van der Waals surface area contributed by atoms with Crippen molar-refractivity contribution in [2.24, 2.45) is 5.92 Å². The fourth-order valence-electron chi connectivity index (χ4n) is 4.16. The first-order chi connectivity index (χ1) is 17.7. The number of aryl methyl sites for hydroxylation is 1. The molecule has 0 aliphatic carbocycles. The molecular weight excluding hydrogens is 514 g/mol. The molecule has 1 aliphatic heterocycles. The van der Waals surface area contributed by atoms with Gasteiger partial charge in [0.15, 0.2) is 11.5 Å². The van der Waals surface area contributed by atoms with Gasteiger partial charge in [-0.05, 0) is 62.5 Å². The van der Waals surface area contributed by atoms with Crippen molar-refractivity contribution in [3.63, 3.8) is 0 Å². The number of piperidine rings is 1. The minimum atomic E-state index is -3.61. The van der Waals surface area contributed by atoms with Crippen LogP contribution in [0.2, 0.25) is 0 Å². The topological polar surface area (TPSA) is 114 Å². The summed E-state index contributed by atoms with van der Waals surface area (Å²) in [6.45, 7) is 2.41. The molecule has 1 fully saturated rings. The molecule has 1 saturated heterocycles. The van der Waals surface area contributed by atoms with Crippen LogP contribution in [0.5, 0.6) is 11.5 Å². The Labute approximate surface area is 223 Å². The predicted octanol–water partition coefficient (Wildman–Crippen LogP) is 3.29. The molecule has 2 N–H and O–H groups in total. The molecule has 37 heavy (non-hydrogen) atoms. The van der Waals surface area contributed by atoms with Gasteiger partial charge < -0.3 is 20.1 Å². The van der Waals surface area contributed by atoms with Gasteiger partial charge in [-0.2, -0.15) is 16.1 Å². The van der Waals surface area contributed by atoms with E-state index in [1.54, 1.807) is 54.2 Å². The molecule has 11 heteroatoms. The van der Waals surface area contributed by atoms with E-state index in [9.17, 15) is 18.0 Å². The van der Waals surface area contributed by atoms with Crippen LogP contribution >= 0.6 is 11.8 Å². The minimum Gasteiger partial charge on any atom is -0.493 e. The molecule has 2 aromatic rings. The van der Waals surface area contributed by atoms with Crippen molar-refractivity contribution in [2.45, 2.75) is 37.1 Å². The van der Waals surface area contributed by atoms with Crippen LogP contribution in [0, 0.1) is 12.8 Å². The van der Waals surface area contributed by atoms with Gasteiger partial charge in [-0.3, -0.25) is 9.59 Å². The van der Waals surface area contributed by atoms with E-state index in [0.29, 0.717) is 42.2 Å². The lowest BCUT2D eigenvalue weighted by molar-refractivity contribution is -0.130. The first-order valence-corrected chi connectivity index (χ1v) is 14.9. The Hall–Kier alpha value is -2.76. The zero-order chi connectivity index (χ0) is 27.0. The first-order valence-electron chi connectivity index (χ1n) is 12.1. The van der Waals surface area contributed by atoms with E-state index in [1.807, 2.05) is 13.2 Å². The summed E-state index contributed by atoms with van der Waals surface area (Å²) in [7, 11) is -0.556. The Kier molecular flexibility index (Phi) is 10.2. The summed E-state index contributed by atoms with van der Waals surface area (Å²) < 4.78 is 37.9. The number of carbonyl (C=O) groups excluding carboxylic acids is 2. The second kappa shape index (κ2) is 13.2. The Morgan fingerprint density at radius 2 is 1.70 bits per heavy atom. The molecule has 0 aromatic heterocycles. The predicted molar refractivity (Wildman–Crippen MR) is 146 cm³/mol. The molecule has 0 spiro atoms. The number of anilines is 1. The lowest BCUT2D eigenvalue weighted by Crippen LogP contribution is -2.49. The van der Waals surface area contributed by atoms with Gasteiger partial charge in [0.2, 0.25) is 21.8 Å². The zero-order valence-electron chi connectivity index (χ0n) is 21.7. The van der Waals surface area contributed by atoms with E-state index in [1.165, 1.54) is 18.5 Å². The van der Waals surface area contributed by atoms with Crippen molar-refractivity contribution in [3.05, 3.63) is 48.0 Å². The standard InChI is InChI=1S/C26H35N3O6S2/c1-18-5-8-21(9-6-18)37(32,33)29-14-11-19(12-15-29)25(30)28-22(13-16-36-4)26(31)27-20-7-10-23(34-2)24(17-20)35-3/h5-10,17,19,22H,11-16H2,1-4H3,(H,27,31)(H,28,30)/t22-/m0/s1. The van der Waals surface area contributed by atoms with Crippen LogP contribution in [0.4, 0.5) is 5.69 Å². The Morgan fingerprint density at radius 1 is 1.05 bits per heavy atom. The van der Waals surface area contributed by atoms with Crippen LogP contribution in [0.3, 0.4) is 0 Å². The van der Waals surface area contributed by atoms with Crippen LogP contribution in [0.25, 0.3) is 0 Å². The van der Waals surface area contributed by atoms with Crippen molar-refractivity contribution in [2.75, 3.05) is 44.6 Å². The molecule has 2 aromatic carbocycles. The lowest BCUT2D eigenvalue weighted by Gasteiger charge is -2.31. The van der Waals surface area contributed by atoms with Crippen molar-refractivity contribution >= 4 is 39.3 Å². The van der Waals surface area contributed by atoms with Gasteiger partial charge in [0.1, 0.15) is 6.04 Å². The van der Waals surface area contributed by atoms with E-state index in [0.717, 1.165) is 5.56 Å². The van der Waals surface area contributed by atoms with E-state index < -0.39 is 16.1 Å².